The van der Waals surface area contributed by atoms with Crippen molar-refractivity contribution in [1.29, 1.82) is 0 Å². The zero-order valence-electron chi connectivity index (χ0n) is 16.8. The van der Waals surface area contributed by atoms with E-state index in [1.165, 1.54) is 0 Å². The Morgan fingerprint density at radius 3 is 1.68 bits per heavy atom. The summed E-state index contributed by atoms with van der Waals surface area (Å²) >= 11 is 3.61. The highest BCUT2D eigenvalue weighted by atomic mass is 79.9. The molecule has 0 aliphatic carbocycles. The molecule has 154 valence electrons. The van der Waals surface area contributed by atoms with E-state index in [-0.39, 0.29) is 0 Å². The van der Waals surface area contributed by atoms with Crippen molar-refractivity contribution >= 4 is 21.8 Å². The van der Waals surface area contributed by atoms with Crippen LogP contribution in [0.25, 0.3) is 0 Å². The topological polar surface area (TPSA) is 49.3 Å². The molecule has 0 aromatic heterocycles. The maximum absolute atomic E-state index is 13.8. The third kappa shape index (κ3) is 4.31. The van der Waals surface area contributed by atoms with E-state index in [1.54, 1.807) is 24.3 Å². The smallest absolute Gasteiger partial charge is 0.262 e. The number of nitrogens with one attached hydrogen (secondary N) is 1. The van der Waals surface area contributed by atoms with Crippen LogP contribution >= 0.6 is 15.9 Å². The molecule has 0 saturated heterocycles. The molecule has 4 heteroatoms. The summed E-state index contributed by atoms with van der Waals surface area (Å²) in [5.41, 5.74) is 1.02. The first-order valence-electron chi connectivity index (χ1n) is 10.0. The number of rotatable bonds is 6. The van der Waals surface area contributed by atoms with Crippen LogP contribution in [0.1, 0.15) is 28.3 Å². The van der Waals surface area contributed by atoms with Gasteiger partial charge >= 0.3 is 0 Å². The molecule has 0 bridgehead atoms. The van der Waals surface area contributed by atoms with Gasteiger partial charge in [-0.15, -0.1) is 0 Å². The highest BCUT2D eigenvalue weighted by Gasteiger charge is 2.41. The number of hydrogen-bond donors (Lipinski definition) is 2. The number of hydrogen-bond acceptors (Lipinski definition) is 2. The predicted octanol–water partition coefficient (Wildman–Crippen LogP) is 5.59. The summed E-state index contributed by atoms with van der Waals surface area (Å²) in [6, 6.07) is 35.1. The van der Waals surface area contributed by atoms with Gasteiger partial charge in [-0.1, -0.05) is 125 Å². The summed E-state index contributed by atoms with van der Waals surface area (Å²) < 4.78 is 0.882. The molecule has 31 heavy (non-hydrogen) atoms. The van der Waals surface area contributed by atoms with Gasteiger partial charge in [0.2, 0.25) is 0 Å². The summed E-state index contributed by atoms with van der Waals surface area (Å²) in [5.74, 6) is -0.491. The zero-order chi connectivity index (χ0) is 21.7. The Morgan fingerprint density at radius 2 is 1.16 bits per heavy atom. The van der Waals surface area contributed by atoms with Gasteiger partial charge in [-0.05, 0) is 28.3 Å². The monoisotopic (exact) mass is 471 g/mol. The first kappa shape index (κ1) is 21.0. The molecule has 2 N–H and O–H groups in total. The maximum atomic E-state index is 13.8. The summed E-state index contributed by atoms with van der Waals surface area (Å²) in [7, 11) is 0. The fraction of sp³-hybridized carbons (Fsp3) is 0.0741. The zero-order valence-corrected chi connectivity index (χ0v) is 18.4. The lowest BCUT2D eigenvalue weighted by Gasteiger charge is -2.31. The Hall–Kier alpha value is -3.21. The molecule has 4 aromatic carbocycles. The minimum Gasteiger partial charge on any atom is -0.372 e. The van der Waals surface area contributed by atoms with E-state index in [0.29, 0.717) is 11.1 Å². The van der Waals surface area contributed by atoms with Crippen molar-refractivity contribution < 1.29 is 9.90 Å². The lowest BCUT2D eigenvalue weighted by atomic mass is 9.84. The Kier molecular flexibility index (Phi) is 6.31. The molecule has 0 fully saturated rings. The van der Waals surface area contributed by atoms with Crippen molar-refractivity contribution in [2.45, 2.75) is 11.6 Å². The van der Waals surface area contributed by atoms with Crippen LogP contribution in [0.2, 0.25) is 0 Å². The first-order chi connectivity index (χ1) is 15.1. The van der Waals surface area contributed by atoms with Crippen LogP contribution in [0.4, 0.5) is 0 Å². The standard InChI is InChI=1S/C27H22BrNO2/c28-24-19-11-10-18-23(24)25(20-12-4-1-5-13-20)29-26(30)27(31,21-14-6-2-7-15-21)22-16-8-3-9-17-22/h1-19,25,31H,(H,29,30)/t25-/m1/s1. The van der Waals surface area contributed by atoms with Crippen molar-refractivity contribution in [2.24, 2.45) is 0 Å². The van der Waals surface area contributed by atoms with Gasteiger partial charge in [0.1, 0.15) is 0 Å². The van der Waals surface area contributed by atoms with Crippen LogP contribution in [0.5, 0.6) is 0 Å². The molecule has 0 aliphatic rings. The molecule has 4 rings (SSSR count). The summed E-state index contributed by atoms with van der Waals surface area (Å²) in [6.07, 6.45) is 0. The average Bonchev–Trinajstić information content (AvgIpc) is 2.84. The van der Waals surface area contributed by atoms with E-state index < -0.39 is 17.6 Å². The lowest BCUT2D eigenvalue weighted by molar-refractivity contribution is -0.137. The van der Waals surface area contributed by atoms with Crippen molar-refractivity contribution in [3.05, 3.63) is 142 Å². The second-order valence-corrected chi connectivity index (χ2v) is 8.14. The Labute approximate surface area is 190 Å². The minimum absolute atomic E-state index is 0.441. The Balaban J connectivity index is 1.80. The Morgan fingerprint density at radius 1 is 0.710 bits per heavy atom. The number of carbonyl (C=O) groups is 1. The number of benzene rings is 4. The van der Waals surface area contributed by atoms with Crippen LogP contribution in [0.3, 0.4) is 0 Å². The van der Waals surface area contributed by atoms with Crippen molar-refractivity contribution in [2.75, 3.05) is 0 Å². The van der Waals surface area contributed by atoms with Gasteiger partial charge in [0.25, 0.3) is 5.91 Å². The molecule has 0 spiro atoms. The van der Waals surface area contributed by atoms with E-state index in [2.05, 4.69) is 21.2 Å². The first-order valence-corrected chi connectivity index (χ1v) is 10.8. The summed E-state index contributed by atoms with van der Waals surface area (Å²) in [5, 5.41) is 14.9. The molecular formula is C27H22BrNO2. The van der Waals surface area contributed by atoms with Crippen molar-refractivity contribution in [3.8, 4) is 0 Å². The lowest BCUT2D eigenvalue weighted by Crippen LogP contribution is -2.46. The minimum atomic E-state index is -1.84. The summed E-state index contributed by atoms with van der Waals surface area (Å²) in [6.45, 7) is 0. The van der Waals surface area contributed by atoms with Gasteiger partial charge in [-0.2, -0.15) is 0 Å². The highest BCUT2D eigenvalue weighted by Crippen LogP contribution is 2.33. The van der Waals surface area contributed by atoms with Crippen molar-refractivity contribution in [1.82, 2.24) is 5.32 Å². The number of aliphatic hydroxyl groups is 1. The normalized spacial score (nSPS) is 12.2. The van der Waals surface area contributed by atoms with Crippen LogP contribution in [-0.2, 0) is 10.4 Å². The Bertz CT molecular complexity index is 1110. The summed E-state index contributed by atoms with van der Waals surface area (Å²) in [4.78, 5) is 13.8. The third-order valence-corrected chi connectivity index (χ3v) is 6.06. The quantitative estimate of drug-likeness (QED) is 0.384. The molecule has 0 radical (unpaired) electrons. The van der Waals surface area contributed by atoms with E-state index in [1.807, 2.05) is 91.0 Å². The van der Waals surface area contributed by atoms with Gasteiger partial charge in [0.05, 0.1) is 6.04 Å². The van der Waals surface area contributed by atoms with Crippen LogP contribution in [0.15, 0.2) is 120 Å². The van der Waals surface area contributed by atoms with E-state index >= 15 is 0 Å². The van der Waals surface area contributed by atoms with Crippen LogP contribution < -0.4 is 5.32 Å². The molecular weight excluding hydrogens is 450 g/mol. The number of carbonyl (C=O) groups excluding carboxylic acids is 1. The third-order valence-electron chi connectivity index (χ3n) is 5.34. The molecule has 4 aromatic rings. The van der Waals surface area contributed by atoms with Gasteiger partial charge in [0.15, 0.2) is 5.60 Å². The molecule has 0 heterocycles. The van der Waals surface area contributed by atoms with E-state index in [4.69, 9.17) is 0 Å². The SMILES string of the molecule is O=C(N[C@H](c1ccccc1)c1ccccc1Br)C(O)(c1ccccc1)c1ccccc1. The van der Waals surface area contributed by atoms with Crippen LogP contribution in [0, 0.1) is 0 Å². The number of amides is 1. The molecule has 0 saturated carbocycles. The van der Waals surface area contributed by atoms with E-state index in [9.17, 15) is 9.90 Å². The van der Waals surface area contributed by atoms with Crippen LogP contribution in [-0.4, -0.2) is 11.0 Å². The second kappa shape index (κ2) is 9.29. The highest BCUT2D eigenvalue weighted by molar-refractivity contribution is 9.10. The van der Waals surface area contributed by atoms with E-state index in [0.717, 1.165) is 15.6 Å². The molecule has 1 amide bonds. The number of halogens is 1. The van der Waals surface area contributed by atoms with Gasteiger partial charge in [-0.3, -0.25) is 4.79 Å². The maximum Gasteiger partial charge on any atom is 0.262 e. The molecule has 3 nitrogen and oxygen atoms in total. The fourth-order valence-corrected chi connectivity index (χ4v) is 4.23. The molecule has 0 aliphatic heterocycles. The predicted molar refractivity (Wildman–Crippen MR) is 126 cm³/mol. The van der Waals surface area contributed by atoms with Gasteiger partial charge in [-0.25, -0.2) is 0 Å². The molecule has 1 atom stereocenters. The van der Waals surface area contributed by atoms with Gasteiger partial charge in [0, 0.05) is 4.47 Å². The van der Waals surface area contributed by atoms with Crippen molar-refractivity contribution in [3.63, 3.8) is 0 Å². The largest absolute Gasteiger partial charge is 0.372 e. The van der Waals surface area contributed by atoms with Gasteiger partial charge < -0.3 is 10.4 Å². The molecule has 0 unspecified atom stereocenters. The second-order valence-electron chi connectivity index (χ2n) is 7.28. The fourth-order valence-electron chi connectivity index (χ4n) is 3.72. The average molecular weight is 472 g/mol.